The Morgan fingerprint density at radius 3 is 2.52 bits per heavy atom. The SMILES string of the molecule is CC(C)(C)CC[C@@H](COCc1nc2n(n1)CCN(c1ncc(C(F)(F)F)cn1)C2)OC(N)=O. The first-order valence-corrected chi connectivity index (χ1v) is 10.5. The second kappa shape index (κ2) is 9.89. The Hall–Kier alpha value is -2.96. The molecule has 0 fully saturated rings. The van der Waals surface area contributed by atoms with Gasteiger partial charge in [0, 0.05) is 18.9 Å². The van der Waals surface area contributed by atoms with Gasteiger partial charge in [-0.2, -0.15) is 18.3 Å². The third-order valence-corrected chi connectivity index (χ3v) is 4.99. The molecule has 0 bridgehead atoms. The van der Waals surface area contributed by atoms with Crippen LogP contribution in [0.2, 0.25) is 0 Å². The van der Waals surface area contributed by atoms with E-state index >= 15 is 0 Å². The molecule has 2 N–H and O–H groups in total. The minimum atomic E-state index is -4.48. The van der Waals surface area contributed by atoms with Gasteiger partial charge in [0.1, 0.15) is 18.5 Å². The lowest BCUT2D eigenvalue weighted by atomic mass is 9.89. The zero-order chi connectivity index (χ0) is 24.2. The number of amides is 1. The standard InChI is InChI=1S/C20H28F3N7O3/c1-19(2,3)5-4-14(33-17(24)31)11-32-12-15-27-16-10-29(6-7-30(16)28-15)18-25-8-13(9-26-18)20(21,22)23/h8-9,14H,4-7,10-12H2,1-3H3,(H2,24,31)/t14-/m0/s1. The Morgan fingerprint density at radius 2 is 1.91 bits per heavy atom. The first kappa shape index (κ1) is 24.7. The number of ether oxygens (including phenoxy) is 2. The van der Waals surface area contributed by atoms with Crippen LogP contribution in [0.25, 0.3) is 0 Å². The monoisotopic (exact) mass is 471 g/mol. The average molecular weight is 471 g/mol. The molecule has 2 aromatic heterocycles. The second-order valence-electron chi connectivity index (χ2n) is 9.03. The van der Waals surface area contributed by atoms with Crippen LogP contribution in [0.3, 0.4) is 0 Å². The molecule has 0 aliphatic carbocycles. The van der Waals surface area contributed by atoms with Crippen molar-refractivity contribution in [1.29, 1.82) is 0 Å². The van der Waals surface area contributed by atoms with Gasteiger partial charge in [-0.15, -0.1) is 0 Å². The number of anilines is 1. The van der Waals surface area contributed by atoms with E-state index in [9.17, 15) is 18.0 Å². The maximum absolute atomic E-state index is 12.7. The van der Waals surface area contributed by atoms with Crippen molar-refractivity contribution in [2.45, 2.75) is 65.6 Å². The van der Waals surface area contributed by atoms with E-state index in [0.29, 0.717) is 37.7 Å². The summed E-state index contributed by atoms with van der Waals surface area (Å²) in [6.45, 7) is 7.81. The highest BCUT2D eigenvalue weighted by molar-refractivity contribution is 5.64. The summed E-state index contributed by atoms with van der Waals surface area (Å²) in [5.41, 5.74) is 4.34. The molecule has 0 saturated heterocycles. The topological polar surface area (TPSA) is 121 Å². The van der Waals surface area contributed by atoms with Crippen LogP contribution in [0.5, 0.6) is 0 Å². The normalized spacial score (nSPS) is 15.3. The molecule has 3 heterocycles. The van der Waals surface area contributed by atoms with E-state index in [4.69, 9.17) is 15.2 Å². The maximum atomic E-state index is 12.7. The van der Waals surface area contributed by atoms with Gasteiger partial charge in [0.25, 0.3) is 0 Å². The number of primary amides is 1. The summed E-state index contributed by atoms with van der Waals surface area (Å²) in [6.07, 6.45) is -2.82. The van der Waals surface area contributed by atoms with Gasteiger partial charge < -0.3 is 20.1 Å². The molecule has 33 heavy (non-hydrogen) atoms. The van der Waals surface area contributed by atoms with Crippen LogP contribution < -0.4 is 10.6 Å². The quantitative estimate of drug-likeness (QED) is 0.624. The molecule has 1 aliphatic heterocycles. The van der Waals surface area contributed by atoms with Crippen LogP contribution in [-0.2, 0) is 35.3 Å². The summed E-state index contributed by atoms with van der Waals surface area (Å²) in [4.78, 5) is 25.0. The summed E-state index contributed by atoms with van der Waals surface area (Å²) in [5, 5.41) is 4.40. The Labute approximate surface area is 189 Å². The van der Waals surface area contributed by atoms with Gasteiger partial charge in [0.2, 0.25) is 5.95 Å². The molecule has 0 aromatic carbocycles. The summed E-state index contributed by atoms with van der Waals surface area (Å²) >= 11 is 0. The van der Waals surface area contributed by atoms with Crippen LogP contribution in [0.1, 0.15) is 50.8 Å². The van der Waals surface area contributed by atoms with Gasteiger partial charge in [-0.25, -0.2) is 24.4 Å². The minimum absolute atomic E-state index is 0.0758. The lowest BCUT2D eigenvalue weighted by Crippen LogP contribution is -2.35. The van der Waals surface area contributed by atoms with Gasteiger partial charge >= 0.3 is 12.3 Å². The first-order chi connectivity index (χ1) is 15.4. The first-order valence-electron chi connectivity index (χ1n) is 10.5. The van der Waals surface area contributed by atoms with E-state index < -0.39 is 23.9 Å². The lowest BCUT2D eigenvalue weighted by Gasteiger charge is -2.26. The number of alkyl halides is 3. The zero-order valence-corrected chi connectivity index (χ0v) is 18.8. The molecule has 1 amide bonds. The number of halogens is 3. The number of hydrogen-bond acceptors (Lipinski definition) is 8. The number of aromatic nitrogens is 5. The smallest absolute Gasteiger partial charge is 0.419 e. The van der Waals surface area contributed by atoms with Gasteiger partial charge in [0.05, 0.1) is 25.3 Å². The number of fused-ring (bicyclic) bond motifs is 1. The highest BCUT2D eigenvalue weighted by Crippen LogP contribution is 2.28. The summed E-state index contributed by atoms with van der Waals surface area (Å²) < 4.78 is 50.7. The molecule has 10 nitrogen and oxygen atoms in total. The second-order valence-corrected chi connectivity index (χ2v) is 9.03. The fourth-order valence-corrected chi connectivity index (χ4v) is 3.27. The molecule has 182 valence electrons. The van der Waals surface area contributed by atoms with Crippen molar-refractivity contribution < 1.29 is 27.4 Å². The average Bonchev–Trinajstić information content (AvgIpc) is 3.12. The van der Waals surface area contributed by atoms with E-state index in [2.05, 4.69) is 40.8 Å². The zero-order valence-electron chi connectivity index (χ0n) is 18.8. The predicted octanol–water partition coefficient (Wildman–Crippen LogP) is 2.91. The van der Waals surface area contributed by atoms with Crippen LogP contribution >= 0.6 is 0 Å². The molecule has 1 aliphatic rings. The Morgan fingerprint density at radius 1 is 1.21 bits per heavy atom. The van der Waals surface area contributed by atoms with Crippen molar-refractivity contribution in [3.63, 3.8) is 0 Å². The summed E-state index contributed by atoms with van der Waals surface area (Å²) in [7, 11) is 0. The fourth-order valence-electron chi connectivity index (χ4n) is 3.27. The number of carbonyl (C=O) groups is 1. The Balaban J connectivity index is 1.55. The minimum Gasteiger partial charge on any atom is -0.444 e. The Kier molecular flexibility index (Phi) is 7.40. The summed E-state index contributed by atoms with van der Waals surface area (Å²) in [6, 6.07) is 0. The number of rotatable bonds is 8. The van der Waals surface area contributed by atoms with E-state index in [1.54, 1.807) is 9.58 Å². The molecule has 13 heteroatoms. The molecular formula is C20H28F3N7O3. The van der Waals surface area contributed by atoms with E-state index in [1.165, 1.54) is 0 Å². The van der Waals surface area contributed by atoms with Gasteiger partial charge in [-0.1, -0.05) is 20.8 Å². The van der Waals surface area contributed by atoms with Crippen molar-refractivity contribution >= 4 is 12.0 Å². The Bertz CT molecular complexity index is 942. The third-order valence-electron chi connectivity index (χ3n) is 4.99. The molecular weight excluding hydrogens is 443 g/mol. The van der Waals surface area contributed by atoms with Crippen LogP contribution in [0, 0.1) is 5.41 Å². The number of nitrogens with two attached hydrogens (primary N) is 1. The van der Waals surface area contributed by atoms with Crippen molar-refractivity contribution in [3.05, 3.63) is 29.6 Å². The fraction of sp³-hybridized carbons (Fsp3) is 0.650. The van der Waals surface area contributed by atoms with Gasteiger partial charge in [-0.05, 0) is 18.3 Å². The predicted molar refractivity (Wildman–Crippen MR) is 111 cm³/mol. The van der Waals surface area contributed by atoms with Crippen LogP contribution in [0.15, 0.2) is 12.4 Å². The van der Waals surface area contributed by atoms with Crippen LogP contribution in [0.4, 0.5) is 23.9 Å². The third kappa shape index (κ3) is 7.27. The lowest BCUT2D eigenvalue weighted by molar-refractivity contribution is -0.138. The van der Waals surface area contributed by atoms with Crippen molar-refractivity contribution in [2.24, 2.45) is 11.1 Å². The molecule has 0 radical (unpaired) electrons. The number of hydrogen-bond donors (Lipinski definition) is 1. The van der Waals surface area contributed by atoms with E-state index in [-0.39, 0.29) is 24.6 Å². The van der Waals surface area contributed by atoms with Crippen LogP contribution in [-0.4, -0.2) is 50.1 Å². The summed E-state index contributed by atoms with van der Waals surface area (Å²) in [5.74, 6) is 1.27. The molecule has 0 saturated carbocycles. The molecule has 2 aromatic rings. The maximum Gasteiger partial charge on any atom is 0.419 e. The van der Waals surface area contributed by atoms with Gasteiger partial charge in [0.15, 0.2) is 5.82 Å². The van der Waals surface area contributed by atoms with E-state index in [0.717, 1.165) is 18.8 Å². The van der Waals surface area contributed by atoms with Crippen molar-refractivity contribution in [3.8, 4) is 0 Å². The number of carbonyl (C=O) groups excluding carboxylic acids is 1. The highest BCUT2D eigenvalue weighted by Gasteiger charge is 2.32. The number of nitrogens with zero attached hydrogens (tertiary/aromatic N) is 6. The molecule has 0 unspecified atom stereocenters. The van der Waals surface area contributed by atoms with Gasteiger partial charge in [-0.3, -0.25) is 0 Å². The molecule has 1 atom stereocenters. The van der Waals surface area contributed by atoms with Crippen molar-refractivity contribution in [1.82, 2.24) is 24.7 Å². The molecule has 0 spiro atoms. The van der Waals surface area contributed by atoms with Crippen molar-refractivity contribution in [2.75, 3.05) is 18.1 Å². The molecule has 3 rings (SSSR count). The highest BCUT2D eigenvalue weighted by atomic mass is 19.4. The van der Waals surface area contributed by atoms with E-state index in [1.807, 2.05) is 0 Å². The largest absolute Gasteiger partial charge is 0.444 e.